The van der Waals surface area contributed by atoms with Gasteiger partial charge in [-0.15, -0.1) is 0 Å². The number of nitrogens with zero attached hydrogens (tertiary/aromatic N) is 2. The van der Waals surface area contributed by atoms with Crippen LogP contribution in [-0.4, -0.2) is 16.2 Å². The molecule has 0 aliphatic rings. The zero-order valence-corrected chi connectivity index (χ0v) is 14.2. The minimum absolute atomic E-state index is 0.119. The molecule has 114 valence electrons. The van der Waals surface area contributed by atoms with Gasteiger partial charge in [0.05, 0.1) is 30.3 Å². The fourth-order valence-corrected chi connectivity index (χ4v) is 2.67. The number of hydrogen-bond donors (Lipinski definition) is 0. The van der Waals surface area contributed by atoms with Gasteiger partial charge in [-0.1, -0.05) is 6.92 Å². The molecule has 0 bridgehead atoms. The SMILES string of the molecule is CCCOc1nc2ccc(I)cc2c(=O)n1Cc1ccco1. The van der Waals surface area contributed by atoms with Crippen molar-refractivity contribution in [3.63, 3.8) is 0 Å². The van der Waals surface area contributed by atoms with Crippen LogP contribution in [0.4, 0.5) is 0 Å². The third-order valence-corrected chi connectivity index (χ3v) is 3.88. The Morgan fingerprint density at radius 3 is 2.95 bits per heavy atom. The molecule has 2 aromatic heterocycles. The average molecular weight is 410 g/mol. The first-order valence-electron chi connectivity index (χ1n) is 7.04. The first kappa shape index (κ1) is 15.1. The molecule has 0 radical (unpaired) electrons. The molecule has 0 spiro atoms. The third kappa shape index (κ3) is 3.01. The van der Waals surface area contributed by atoms with Crippen molar-refractivity contribution in [3.05, 3.63) is 56.3 Å². The molecule has 6 heteroatoms. The van der Waals surface area contributed by atoms with Gasteiger partial charge in [0, 0.05) is 3.57 Å². The van der Waals surface area contributed by atoms with Crippen molar-refractivity contribution in [2.75, 3.05) is 6.61 Å². The van der Waals surface area contributed by atoms with Crippen molar-refractivity contribution in [1.82, 2.24) is 9.55 Å². The van der Waals surface area contributed by atoms with E-state index in [1.807, 2.05) is 31.2 Å². The highest BCUT2D eigenvalue weighted by molar-refractivity contribution is 14.1. The van der Waals surface area contributed by atoms with Gasteiger partial charge in [-0.05, 0) is 59.3 Å². The van der Waals surface area contributed by atoms with Crippen LogP contribution in [0.2, 0.25) is 0 Å². The summed E-state index contributed by atoms with van der Waals surface area (Å²) in [6, 6.07) is 9.56. The number of rotatable bonds is 5. The maximum atomic E-state index is 12.8. The second-order valence-corrected chi connectivity index (χ2v) is 6.12. The molecular formula is C16H15IN2O3. The Balaban J connectivity index is 2.16. The number of hydrogen-bond acceptors (Lipinski definition) is 4. The Kier molecular flexibility index (Phi) is 4.47. The van der Waals surface area contributed by atoms with Crippen molar-refractivity contribution < 1.29 is 9.15 Å². The molecule has 0 unspecified atom stereocenters. The summed E-state index contributed by atoms with van der Waals surface area (Å²) in [5, 5.41) is 0.585. The molecule has 2 heterocycles. The summed E-state index contributed by atoms with van der Waals surface area (Å²) in [5.74, 6) is 0.690. The first-order valence-corrected chi connectivity index (χ1v) is 8.12. The number of furan rings is 1. The minimum Gasteiger partial charge on any atom is -0.467 e. The lowest BCUT2D eigenvalue weighted by Crippen LogP contribution is -2.24. The molecule has 3 aromatic rings. The maximum Gasteiger partial charge on any atom is 0.300 e. The summed E-state index contributed by atoms with van der Waals surface area (Å²) in [4.78, 5) is 17.3. The normalized spacial score (nSPS) is 11.0. The lowest BCUT2D eigenvalue weighted by molar-refractivity contribution is 0.273. The summed E-state index contributed by atoms with van der Waals surface area (Å²) >= 11 is 2.18. The predicted molar refractivity (Wildman–Crippen MR) is 92.3 cm³/mol. The summed E-state index contributed by atoms with van der Waals surface area (Å²) < 4.78 is 13.5. The van der Waals surface area contributed by atoms with E-state index >= 15 is 0 Å². The lowest BCUT2D eigenvalue weighted by Gasteiger charge is -2.12. The van der Waals surface area contributed by atoms with E-state index in [9.17, 15) is 4.79 Å². The van der Waals surface area contributed by atoms with Gasteiger partial charge in [0.1, 0.15) is 5.76 Å². The van der Waals surface area contributed by atoms with Crippen LogP contribution < -0.4 is 10.3 Å². The Morgan fingerprint density at radius 1 is 1.36 bits per heavy atom. The van der Waals surface area contributed by atoms with Crippen LogP contribution in [0.15, 0.2) is 45.8 Å². The van der Waals surface area contributed by atoms with Gasteiger partial charge < -0.3 is 9.15 Å². The molecule has 0 amide bonds. The number of benzene rings is 1. The van der Waals surface area contributed by atoms with E-state index in [4.69, 9.17) is 9.15 Å². The van der Waals surface area contributed by atoms with Gasteiger partial charge in [-0.2, -0.15) is 4.98 Å². The zero-order valence-electron chi connectivity index (χ0n) is 12.1. The van der Waals surface area contributed by atoms with E-state index in [0.717, 1.165) is 9.99 Å². The van der Waals surface area contributed by atoms with Gasteiger partial charge in [0.2, 0.25) is 0 Å². The summed E-state index contributed by atoms with van der Waals surface area (Å²) in [5.41, 5.74) is 0.526. The second-order valence-electron chi connectivity index (χ2n) is 4.87. The van der Waals surface area contributed by atoms with Crippen LogP contribution in [0.25, 0.3) is 10.9 Å². The van der Waals surface area contributed by atoms with Gasteiger partial charge in [0.15, 0.2) is 0 Å². The maximum absolute atomic E-state index is 12.8. The topological polar surface area (TPSA) is 57.3 Å². The first-order chi connectivity index (χ1) is 10.7. The molecule has 5 nitrogen and oxygen atoms in total. The number of fused-ring (bicyclic) bond motifs is 1. The molecule has 0 atom stereocenters. The molecule has 0 fully saturated rings. The van der Waals surface area contributed by atoms with Crippen molar-refractivity contribution in [2.24, 2.45) is 0 Å². The smallest absolute Gasteiger partial charge is 0.300 e. The van der Waals surface area contributed by atoms with E-state index < -0.39 is 0 Å². The number of halogens is 1. The lowest BCUT2D eigenvalue weighted by atomic mass is 10.2. The van der Waals surface area contributed by atoms with Crippen LogP contribution in [0, 0.1) is 3.57 Å². The van der Waals surface area contributed by atoms with Crippen molar-refractivity contribution in [1.29, 1.82) is 0 Å². The molecule has 0 aliphatic heterocycles. The highest BCUT2D eigenvalue weighted by Crippen LogP contribution is 2.17. The van der Waals surface area contributed by atoms with E-state index in [0.29, 0.717) is 35.8 Å². The Bertz CT molecular complexity index is 840. The van der Waals surface area contributed by atoms with Crippen molar-refractivity contribution >= 4 is 33.5 Å². The van der Waals surface area contributed by atoms with Crippen LogP contribution >= 0.6 is 22.6 Å². The third-order valence-electron chi connectivity index (χ3n) is 3.21. The zero-order chi connectivity index (χ0) is 15.5. The second kappa shape index (κ2) is 6.51. The molecule has 22 heavy (non-hydrogen) atoms. The van der Waals surface area contributed by atoms with Gasteiger partial charge in [0.25, 0.3) is 11.6 Å². The fraction of sp³-hybridized carbons (Fsp3) is 0.250. The highest BCUT2D eigenvalue weighted by Gasteiger charge is 2.14. The van der Waals surface area contributed by atoms with E-state index in [2.05, 4.69) is 27.6 Å². The van der Waals surface area contributed by atoms with Crippen LogP contribution in [0.3, 0.4) is 0 Å². The van der Waals surface area contributed by atoms with Gasteiger partial charge in [-0.25, -0.2) is 0 Å². The van der Waals surface area contributed by atoms with Crippen LogP contribution in [-0.2, 0) is 6.54 Å². The molecule has 1 aromatic carbocycles. The fourth-order valence-electron chi connectivity index (χ4n) is 2.17. The van der Waals surface area contributed by atoms with Crippen molar-refractivity contribution in [3.8, 4) is 6.01 Å². The summed E-state index contributed by atoms with van der Waals surface area (Å²) in [7, 11) is 0. The Hall–Kier alpha value is -1.83. The van der Waals surface area contributed by atoms with E-state index in [1.165, 1.54) is 4.57 Å². The molecule has 0 saturated heterocycles. The van der Waals surface area contributed by atoms with E-state index in [-0.39, 0.29) is 5.56 Å². The highest BCUT2D eigenvalue weighted by atomic mass is 127. The molecule has 3 rings (SSSR count). The van der Waals surface area contributed by atoms with Gasteiger partial charge >= 0.3 is 0 Å². The molecule has 0 N–H and O–H groups in total. The van der Waals surface area contributed by atoms with Crippen LogP contribution in [0.1, 0.15) is 19.1 Å². The standard InChI is InChI=1S/C16H15IN2O3/c1-2-7-22-16-18-14-6-5-11(17)9-13(14)15(20)19(16)10-12-4-3-8-21-12/h3-6,8-9H,2,7,10H2,1H3. The summed E-state index contributed by atoms with van der Waals surface area (Å²) in [6.45, 7) is 2.83. The average Bonchev–Trinajstić information content (AvgIpc) is 3.02. The largest absolute Gasteiger partial charge is 0.467 e. The molecule has 0 saturated carbocycles. The minimum atomic E-state index is -0.119. The van der Waals surface area contributed by atoms with Crippen LogP contribution in [0.5, 0.6) is 6.01 Å². The number of ether oxygens (including phenoxy) is 1. The molecular weight excluding hydrogens is 395 g/mol. The quantitative estimate of drug-likeness (QED) is 0.605. The predicted octanol–water partition coefficient (Wildman–Crippen LogP) is 3.43. The van der Waals surface area contributed by atoms with Gasteiger partial charge in [-0.3, -0.25) is 9.36 Å². The monoisotopic (exact) mass is 410 g/mol. The van der Waals surface area contributed by atoms with E-state index in [1.54, 1.807) is 12.3 Å². The molecule has 0 aliphatic carbocycles. The summed E-state index contributed by atoms with van der Waals surface area (Å²) in [6.07, 6.45) is 2.44. The Labute approximate surface area is 141 Å². The number of aromatic nitrogens is 2. The Morgan fingerprint density at radius 2 is 2.23 bits per heavy atom. The van der Waals surface area contributed by atoms with Crippen molar-refractivity contribution in [2.45, 2.75) is 19.9 Å².